The van der Waals surface area contributed by atoms with Gasteiger partial charge < -0.3 is 0 Å². The molecule has 2 unspecified atom stereocenters. The molecule has 0 aromatic heterocycles. The molecule has 0 spiro atoms. The van der Waals surface area contributed by atoms with Gasteiger partial charge in [-0.05, 0) is 11.8 Å². The van der Waals surface area contributed by atoms with Gasteiger partial charge in [0.25, 0.3) is 0 Å². The minimum Gasteiger partial charge on any atom is -0.296 e. The lowest BCUT2D eigenvalue weighted by Crippen LogP contribution is -2.51. The number of fused-ring (bicyclic) bond motifs is 2. The van der Waals surface area contributed by atoms with Gasteiger partial charge in [-0.3, -0.25) is 5.43 Å². The van der Waals surface area contributed by atoms with E-state index in [-0.39, 0.29) is 5.54 Å². The van der Waals surface area contributed by atoms with Gasteiger partial charge in [0.15, 0.2) is 5.84 Å². The van der Waals surface area contributed by atoms with Crippen LogP contribution in [0, 0.1) is 17.8 Å². The first-order valence-electron chi connectivity index (χ1n) is 4.98. The normalized spacial score (nSPS) is 35.8. The van der Waals surface area contributed by atoms with Gasteiger partial charge in [0.05, 0.1) is 5.92 Å². The van der Waals surface area contributed by atoms with Crippen molar-refractivity contribution in [2.24, 2.45) is 27.8 Å². The largest absolute Gasteiger partial charge is 0.296 e. The smallest absolute Gasteiger partial charge is 0.153 e. The van der Waals surface area contributed by atoms with Gasteiger partial charge in [-0.25, -0.2) is 4.99 Å². The second-order valence-corrected chi connectivity index (χ2v) is 4.65. The molecule has 0 amide bonds. The monoisotopic (exact) mass is 179 g/mol. The molecule has 0 saturated carbocycles. The number of amidine groups is 1. The molecule has 3 heteroatoms. The van der Waals surface area contributed by atoms with Gasteiger partial charge in [-0.1, -0.05) is 27.7 Å². The number of nitrogens with zero attached hydrogens (tertiary/aromatic N) is 2. The SMILES string of the molecule is CC(C)C1C2=NNC1(C(C)C)C=N2. The molecular formula is C10H17N3. The Bertz CT molecular complexity index is 278. The van der Waals surface area contributed by atoms with Crippen molar-refractivity contribution < 1.29 is 0 Å². The van der Waals surface area contributed by atoms with Crippen LogP contribution in [0.15, 0.2) is 10.1 Å². The highest BCUT2D eigenvalue weighted by Crippen LogP contribution is 2.39. The zero-order valence-electron chi connectivity index (χ0n) is 8.70. The fraction of sp³-hybridized carbons (Fsp3) is 0.800. The van der Waals surface area contributed by atoms with E-state index >= 15 is 0 Å². The van der Waals surface area contributed by atoms with Crippen molar-refractivity contribution >= 4 is 12.1 Å². The maximum atomic E-state index is 4.36. The summed E-state index contributed by atoms with van der Waals surface area (Å²) >= 11 is 0. The first kappa shape index (κ1) is 8.73. The van der Waals surface area contributed by atoms with E-state index in [2.05, 4.69) is 43.2 Å². The highest BCUT2D eigenvalue weighted by Gasteiger charge is 2.52. The summed E-state index contributed by atoms with van der Waals surface area (Å²) < 4.78 is 0. The summed E-state index contributed by atoms with van der Waals surface area (Å²) in [4.78, 5) is 4.36. The second kappa shape index (κ2) is 2.56. The van der Waals surface area contributed by atoms with Crippen LogP contribution in [0.25, 0.3) is 0 Å². The Balaban J connectivity index is 2.36. The third-order valence-corrected chi connectivity index (χ3v) is 3.19. The fourth-order valence-corrected chi connectivity index (χ4v) is 2.39. The molecule has 2 bridgehead atoms. The molecule has 3 nitrogen and oxygen atoms in total. The number of hydrogen-bond acceptors (Lipinski definition) is 3. The van der Waals surface area contributed by atoms with E-state index in [1.165, 1.54) is 0 Å². The molecule has 2 aliphatic heterocycles. The summed E-state index contributed by atoms with van der Waals surface area (Å²) in [5.41, 5.74) is 3.24. The summed E-state index contributed by atoms with van der Waals surface area (Å²) in [6, 6.07) is 0. The van der Waals surface area contributed by atoms with Crippen molar-refractivity contribution in [3.8, 4) is 0 Å². The average molecular weight is 179 g/mol. The minimum absolute atomic E-state index is 0.00347. The molecule has 0 aromatic rings. The van der Waals surface area contributed by atoms with Crippen LogP contribution in [0.4, 0.5) is 0 Å². The minimum atomic E-state index is 0.00347. The van der Waals surface area contributed by atoms with Crippen LogP contribution in [0.3, 0.4) is 0 Å². The quantitative estimate of drug-likeness (QED) is 0.687. The van der Waals surface area contributed by atoms with Gasteiger partial charge >= 0.3 is 0 Å². The molecule has 0 saturated heterocycles. The van der Waals surface area contributed by atoms with Crippen molar-refractivity contribution in [3.63, 3.8) is 0 Å². The van der Waals surface area contributed by atoms with Crippen molar-refractivity contribution in [3.05, 3.63) is 0 Å². The van der Waals surface area contributed by atoms with E-state index in [1.54, 1.807) is 0 Å². The van der Waals surface area contributed by atoms with Crippen LogP contribution in [0.2, 0.25) is 0 Å². The van der Waals surface area contributed by atoms with Crippen LogP contribution in [0.5, 0.6) is 0 Å². The molecule has 13 heavy (non-hydrogen) atoms. The molecule has 0 aromatic carbocycles. The predicted octanol–water partition coefficient (Wildman–Crippen LogP) is 1.65. The summed E-state index contributed by atoms with van der Waals surface area (Å²) in [6.45, 7) is 8.91. The Morgan fingerprint density at radius 1 is 1.38 bits per heavy atom. The van der Waals surface area contributed by atoms with E-state index in [0.29, 0.717) is 17.8 Å². The van der Waals surface area contributed by atoms with Gasteiger partial charge in [0.1, 0.15) is 5.54 Å². The molecule has 0 radical (unpaired) electrons. The number of rotatable bonds is 2. The molecule has 0 aliphatic carbocycles. The lowest BCUT2D eigenvalue weighted by Gasteiger charge is -2.33. The molecule has 1 N–H and O–H groups in total. The van der Waals surface area contributed by atoms with Crippen LogP contribution in [-0.4, -0.2) is 17.6 Å². The first-order chi connectivity index (χ1) is 6.08. The lowest BCUT2D eigenvalue weighted by molar-refractivity contribution is 0.263. The molecule has 72 valence electrons. The van der Waals surface area contributed by atoms with Crippen molar-refractivity contribution in [2.45, 2.75) is 33.2 Å². The average Bonchev–Trinajstić information content (AvgIpc) is 2.58. The summed E-state index contributed by atoms with van der Waals surface area (Å²) in [7, 11) is 0. The van der Waals surface area contributed by atoms with Gasteiger partial charge in [-0.2, -0.15) is 5.10 Å². The van der Waals surface area contributed by atoms with Gasteiger partial charge in [-0.15, -0.1) is 0 Å². The van der Waals surface area contributed by atoms with E-state index in [4.69, 9.17) is 0 Å². The molecule has 2 atom stereocenters. The Kier molecular flexibility index (Phi) is 1.72. The van der Waals surface area contributed by atoms with E-state index in [0.717, 1.165) is 5.84 Å². The molecular weight excluding hydrogens is 162 g/mol. The Labute approximate surface area is 79.3 Å². The number of aliphatic imine (C=N–C) groups is 1. The standard InChI is InChI=1S/C10H17N3/c1-6(2)8-9-11-5-10(8,7(3)4)13-12-9/h5-8,13H,1-4H3. The van der Waals surface area contributed by atoms with Gasteiger partial charge in [0, 0.05) is 6.21 Å². The highest BCUT2D eigenvalue weighted by atomic mass is 15.4. The zero-order chi connectivity index (χ0) is 9.64. The lowest BCUT2D eigenvalue weighted by atomic mass is 9.73. The van der Waals surface area contributed by atoms with Crippen molar-refractivity contribution in [1.82, 2.24) is 5.43 Å². The summed E-state index contributed by atoms with van der Waals surface area (Å²) in [5.74, 6) is 2.59. The van der Waals surface area contributed by atoms with E-state index in [1.807, 2.05) is 6.21 Å². The van der Waals surface area contributed by atoms with Crippen LogP contribution in [0.1, 0.15) is 27.7 Å². The highest BCUT2D eigenvalue weighted by molar-refractivity contribution is 6.04. The Morgan fingerprint density at radius 2 is 2.08 bits per heavy atom. The Hall–Kier alpha value is -0.860. The molecule has 2 rings (SSSR count). The fourth-order valence-electron chi connectivity index (χ4n) is 2.39. The first-order valence-corrected chi connectivity index (χ1v) is 4.98. The second-order valence-electron chi connectivity index (χ2n) is 4.65. The molecule has 0 fully saturated rings. The number of hydrazone groups is 1. The predicted molar refractivity (Wildman–Crippen MR) is 55.0 cm³/mol. The van der Waals surface area contributed by atoms with Crippen LogP contribution in [-0.2, 0) is 0 Å². The maximum absolute atomic E-state index is 4.36. The zero-order valence-corrected chi connectivity index (χ0v) is 8.70. The maximum Gasteiger partial charge on any atom is 0.153 e. The summed E-state index contributed by atoms with van der Waals surface area (Å²) in [5, 5.41) is 4.27. The van der Waals surface area contributed by atoms with Crippen LogP contribution >= 0.6 is 0 Å². The Morgan fingerprint density at radius 3 is 2.38 bits per heavy atom. The third kappa shape index (κ3) is 0.960. The van der Waals surface area contributed by atoms with Crippen molar-refractivity contribution in [2.75, 3.05) is 0 Å². The van der Waals surface area contributed by atoms with Gasteiger partial charge in [0.2, 0.25) is 0 Å². The summed E-state index contributed by atoms with van der Waals surface area (Å²) in [6.07, 6.45) is 2.05. The van der Waals surface area contributed by atoms with Crippen LogP contribution < -0.4 is 5.43 Å². The topological polar surface area (TPSA) is 36.8 Å². The van der Waals surface area contributed by atoms with Crippen molar-refractivity contribution in [1.29, 1.82) is 0 Å². The number of nitrogens with one attached hydrogen (secondary N) is 1. The van der Waals surface area contributed by atoms with E-state index in [9.17, 15) is 0 Å². The third-order valence-electron chi connectivity index (χ3n) is 3.19. The molecule has 2 aliphatic rings. The molecule has 2 heterocycles. The van der Waals surface area contributed by atoms with E-state index < -0.39 is 0 Å². The number of hydrogen-bond donors (Lipinski definition) is 1.